The number of nitrogens with two attached hydrogens (primary N) is 5. The van der Waals surface area contributed by atoms with Crippen LogP contribution in [-0.4, -0.2) is 95.6 Å². The van der Waals surface area contributed by atoms with Crippen LogP contribution < -0.4 is 28.7 Å². The number of ether oxygens (including phenoxy) is 5. The van der Waals surface area contributed by atoms with Crippen LogP contribution >= 0.6 is 62.0 Å². The third-order valence-electron chi connectivity index (χ3n) is 4.70. The predicted molar refractivity (Wildman–Crippen MR) is 213 cm³/mol. The van der Waals surface area contributed by atoms with Crippen molar-refractivity contribution < 1.29 is 47.7 Å². The van der Waals surface area contributed by atoms with E-state index >= 15 is 0 Å². The topological polar surface area (TPSA) is 262 Å². The van der Waals surface area contributed by atoms with Crippen molar-refractivity contribution in [3.05, 3.63) is 0 Å². The lowest BCUT2D eigenvalue weighted by atomic mass is 9.97. The summed E-state index contributed by atoms with van der Waals surface area (Å²) in [7, 11) is 0. The molecule has 1 fully saturated rings. The first-order chi connectivity index (χ1) is 21.5. The summed E-state index contributed by atoms with van der Waals surface area (Å²) in [6.07, 6.45) is 2.92. The molecule has 0 aromatic heterocycles. The molecule has 0 spiro atoms. The number of hydrogen-bond donors (Lipinski definition) is 5. The van der Waals surface area contributed by atoms with E-state index in [2.05, 4.69) is 9.47 Å². The molecule has 1 rings (SSSR count). The van der Waals surface area contributed by atoms with Crippen molar-refractivity contribution in [3.63, 3.8) is 0 Å². The van der Waals surface area contributed by atoms with Crippen molar-refractivity contribution in [2.24, 2.45) is 51.8 Å². The predicted octanol–water partition coefficient (Wildman–Crippen LogP) is 3.12. The van der Waals surface area contributed by atoms with Gasteiger partial charge < -0.3 is 52.4 Å². The zero-order chi connectivity index (χ0) is 36.6. The molecule has 1 saturated carbocycles. The van der Waals surface area contributed by atoms with E-state index in [0.717, 1.165) is 12.8 Å². The molecule has 10 N–H and O–H groups in total. The normalized spacial score (nSPS) is 10.3. The van der Waals surface area contributed by atoms with E-state index in [4.69, 9.17) is 42.9 Å². The number of carbonyl (C=O) groups excluding carboxylic acids is 5. The largest absolute Gasteiger partial charge is 0.464 e. The highest BCUT2D eigenvalue weighted by Crippen LogP contribution is 2.29. The number of halogens is 5. The minimum absolute atomic E-state index is 0. The van der Waals surface area contributed by atoms with Crippen LogP contribution in [0.2, 0.25) is 0 Å². The Kier molecular flexibility index (Phi) is 67.7. The summed E-state index contributed by atoms with van der Waals surface area (Å²) in [6.45, 7) is 18.4. The number of rotatable bonds is 15. The fraction of sp³-hybridized carbons (Fsp3) is 0.839. The molecular formula is C31H70Cl5N5O10. The van der Waals surface area contributed by atoms with E-state index < -0.39 is 5.41 Å². The van der Waals surface area contributed by atoms with Gasteiger partial charge in [-0.3, -0.25) is 24.0 Å². The van der Waals surface area contributed by atoms with Gasteiger partial charge >= 0.3 is 29.8 Å². The second-order valence-electron chi connectivity index (χ2n) is 11.5. The van der Waals surface area contributed by atoms with Crippen LogP contribution in [0.5, 0.6) is 0 Å². The molecule has 314 valence electrons. The second kappa shape index (κ2) is 48.6. The molecule has 0 radical (unpaired) electrons. The molecular weight excluding hydrogens is 780 g/mol. The van der Waals surface area contributed by atoms with Gasteiger partial charge in [-0.05, 0) is 39.5 Å². The molecule has 0 aromatic carbocycles. The zero-order valence-electron chi connectivity index (χ0n) is 31.6. The number of esters is 5. The summed E-state index contributed by atoms with van der Waals surface area (Å²) >= 11 is 0. The molecule has 20 heteroatoms. The monoisotopic (exact) mass is 847 g/mol. The van der Waals surface area contributed by atoms with Crippen molar-refractivity contribution in [2.45, 2.75) is 81.1 Å². The number of carbonyl (C=O) groups is 5. The van der Waals surface area contributed by atoms with Gasteiger partial charge in [-0.25, -0.2) is 0 Å². The summed E-state index contributed by atoms with van der Waals surface area (Å²) in [5, 5.41) is 0. The van der Waals surface area contributed by atoms with Crippen molar-refractivity contribution in [2.75, 3.05) is 65.8 Å². The van der Waals surface area contributed by atoms with Crippen LogP contribution in [0.4, 0.5) is 0 Å². The van der Waals surface area contributed by atoms with Gasteiger partial charge in [0, 0.05) is 45.6 Å². The Morgan fingerprint density at radius 2 is 0.941 bits per heavy atom. The first-order valence-corrected chi connectivity index (χ1v) is 15.8. The summed E-state index contributed by atoms with van der Waals surface area (Å²) < 4.78 is 23.5. The van der Waals surface area contributed by atoms with Crippen molar-refractivity contribution >= 4 is 91.9 Å². The van der Waals surface area contributed by atoms with Crippen molar-refractivity contribution in [1.29, 1.82) is 0 Å². The molecule has 0 amide bonds. The first-order valence-electron chi connectivity index (χ1n) is 15.8. The molecule has 51 heavy (non-hydrogen) atoms. The Morgan fingerprint density at radius 1 is 0.588 bits per heavy atom. The third kappa shape index (κ3) is 61.0. The molecule has 0 bridgehead atoms. The summed E-state index contributed by atoms with van der Waals surface area (Å²) in [5.74, 6) is -0.256. The molecule has 0 heterocycles. The van der Waals surface area contributed by atoms with E-state index in [-0.39, 0.29) is 104 Å². The third-order valence-corrected chi connectivity index (χ3v) is 4.70. The Labute approximate surface area is 337 Å². The van der Waals surface area contributed by atoms with Crippen LogP contribution in [0.25, 0.3) is 0 Å². The Hall–Kier alpha value is -1.40. The van der Waals surface area contributed by atoms with Crippen molar-refractivity contribution in [3.8, 4) is 0 Å². The van der Waals surface area contributed by atoms with Crippen LogP contribution in [-0.2, 0) is 47.7 Å². The van der Waals surface area contributed by atoms with Gasteiger partial charge in [0.1, 0.15) is 33.0 Å². The fourth-order valence-corrected chi connectivity index (χ4v) is 2.13. The van der Waals surface area contributed by atoms with Crippen LogP contribution in [0.3, 0.4) is 0 Å². The smallest absolute Gasteiger partial charge is 0.311 e. The molecule has 15 nitrogen and oxygen atoms in total. The minimum atomic E-state index is -0.408. The highest BCUT2D eigenvalue weighted by Gasteiger charge is 2.30. The van der Waals surface area contributed by atoms with Gasteiger partial charge in [0.2, 0.25) is 0 Å². The first kappa shape index (κ1) is 71.1. The van der Waals surface area contributed by atoms with Crippen molar-refractivity contribution in [1.82, 2.24) is 0 Å². The van der Waals surface area contributed by atoms with Gasteiger partial charge in [-0.15, -0.1) is 62.0 Å². The second-order valence-corrected chi connectivity index (χ2v) is 11.5. The van der Waals surface area contributed by atoms with Crippen LogP contribution in [0.15, 0.2) is 0 Å². The van der Waals surface area contributed by atoms with Crippen LogP contribution in [0.1, 0.15) is 81.1 Å². The number of hydrogen-bond acceptors (Lipinski definition) is 15. The van der Waals surface area contributed by atoms with E-state index in [1.54, 1.807) is 20.8 Å². The quantitative estimate of drug-likeness (QED) is 0.117. The molecule has 1 aliphatic rings. The minimum Gasteiger partial charge on any atom is -0.464 e. The van der Waals surface area contributed by atoms with Gasteiger partial charge in [-0.2, -0.15) is 0 Å². The Balaban J connectivity index is -0.0000000604. The Morgan fingerprint density at radius 3 is 1.25 bits per heavy atom. The van der Waals surface area contributed by atoms with Gasteiger partial charge in [0.25, 0.3) is 0 Å². The maximum Gasteiger partial charge on any atom is 0.311 e. The SMILES string of the molecule is CC(C)(C)C(=O)OCCN.CC(C)C(=O)OCCN.CC(C)CC(=O)OCCN.CCC(=O)OCCN.Cl.Cl.Cl.Cl.Cl.NCCOC(=O)C1CC1. The lowest BCUT2D eigenvalue weighted by Gasteiger charge is -2.15. The molecule has 0 aromatic rings. The standard InChI is InChI=1S/2C7H15NO2.C6H11NO2.C6H13NO2.C5H11NO2.5ClH/c1-7(2,3)6(9)10-5-4-8;1-6(2)5-7(9)10-4-3-8;7-3-4-9-6(8)5-1-2-5;1-5(2)6(8)9-4-3-7;1-2-5(7)8-4-3-6;;;;;/h4-5,8H2,1-3H3;6H,3-5,8H2,1-2H3;5H,1-4,7H2;5H,3-4,7H2,1-2H3;2-4,6H2,1H3;5*1H. The fourth-order valence-electron chi connectivity index (χ4n) is 2.13. The lowest BCUT2D eigenvalue weighted by molar-refractivity contribution is -0.152. The van der Waals surface area contributed by atoms with E-state index in [9.17, 15) is 24.0 Å². The summed E-state index contributed by atoms with van der Waals surface area (Å²) in [5.41, 5.74) is 25.1. The van der Waals surface area contributed by atoms with E-state index in [1.807, 2.05) is 34.6 Å². The average molecular weight is 850 g/mol. The molecule has 1 aliphatic carbocycles. The van der Waals surface area contributed by atoms with Gasteiger partial charge in [0.15, 0.2) is 0 Å². The molecule has 0 aliphatic heterocycles. The lowest BCUT2D eigenvalue weighted by Crippen LogP contribution is -2.25. The van der Waals surface area contributed by atoms with Gasteiger partial charge in [0.05, 0.1) is 17.3 Å². The summed E-state index contributed by atoms with van der Waals surface area (Å²) in [4.78, 5) is 53.3. The van der Waals surface area contributed by atoms with E-state index in [1.165, 1.54) is 0 Å². The maximum atomic E-state index is 10.9. The molecule has 0 saturated heterocycles. The van der Waals surface area contributed by atoms with E-state index in [0.29, 0.717) is 84.5 Å². The molecule has 0 atom stereocenters. The summed E-state index contributed by atoms with van der Waals surface area (Å²) in [6, 6.07) is 0. The highest BCUT2D eigenvalue weighted by molar-refractivity contribution is 5.86. The zero-order valence-corrected chi connectivity index (χ0v) is 35.7. The molecule has 0 unspecified atom stereocenters. The van der Waals surface area contributed by atoms with Crippen LogP contribution in [0, 0.1) is 23.2 Å². The van der Waals surface area contributed by atoms with Gasteiger partial charge in [-0.1, -0.05) is 34.6 Å². The Bertz CT molecular complexity index is 792. The average Bonchev–Trinajstić information content (AvgIpc) is 3.85. The maximum absolute atomic E-state index is 10.9. The highest BCUT2D eigenvalue weighted by atomic mass is 35.5.